The van der Waals surface area contributed by atoms with Crippen molar-refractivity contribution < 1.29 is 8.78 Å². The molecule has 0 aromatic heterocycles. The van der Waals surface area contributed by atoms with E-state index >= 15 is 0 Å². The van der Waals surface area contributed by atoms with Gasteiger partial charge in [-0.05, 0) is 92.7 Å². The van der Waals surface area contributed by atoms with Crippen LogP contribution in [0.4, 0.5) is 8.78 Å². The smallest absolute Gasteiger partial charge is 0.159 e. The Labute approximate surface area is 180 Å². The molecule has 162 valence electrons. The molecule has 30 heavy (non-hydrogen) atoms. The SMILES string of the molecule is N#C/C=C/C=C/C1CCC(C2CCC(CCCCc3ccc(F)c(F)c3)CC2)CC1. The lowest BCUT2D eigenvalue weighted by Crippen LogP contribution is -2.25. The van der Waals surface area contributed by atoms with Gasteiger partial charge >= 0.3 is 0 Å². The number of hydrogen-bond acceptors (Lipinski definition) is 1. The summed E-state index contributed by atoms with van der Waals surface area (Å²) in [7, 11) is 0. The van der Waals surface area contributed by atoms with Gasteiger partial charge in [0, 0.05) is 6.08 Å². The molecule has 2 fully saturated rings. The van der Waals surface area contributed by atoms with E-state index in [4.69, 9.17) is 5.26 Å². The van der Waals surface area contributed by atoms with E-state index in [0.29, 0.717) is 5.92 Å². The van der Waals surface area contributed by atoms with Crippen LogP contribution in [0, 0.1) is 46.6 Å². The number of nitriles is 1. The molecular weight excluding hydrogens is 376 g/mol. The van der Waals surface area contributed by atoms with Crippen molar-refractivity contribution in [1.82, 2.24) is 0 Å². The minimum absolute atomic E-state index is 0.690. The Kier molecular flexibility index (Phi) is 9.12. The van der Waals surface area contributed by atoms with E-state index in [9.17, 15) is 8.78 Å². The zero-order valence-electron chi connectivity index (χ0n) is 18.0. The van der Waals surface area contributed by atoms with Crippen molar-refractivity contribution in [1.29, 1.82) is 5.26 Å². The molecule has 0 N–H and O–H groups in total. The highest BCUT2D eigenvalue weighted by Gasteiger charge is 2.30. The quantitative estimate of drug-likeness (QED) is 0.242. The molecule has 0 unspecified atom stereocenters. The number of allylic oxidation sites excluding steroid dienone is 4. The van der Waals surface area contributed by atoms with Crippen molar-refractivity contribution >= 4 is 0 Å². The summed E-state index contributed by atoms with van der Waals surface area (Å²) >= 11 is 0. The van der Waals surface area contributed by atoms with Crippen LogP contribution in [-0.4, -0.2) is 0 Å². The van der Waals surface area contributed by atoms with Crippen molar-refractivity contribution in [3.8, 4) is 6.07 Å². The van der Waals surface area contributed by atoms with Gasteiger partial charge < -0.3 is 0 Å². The summed E-state index contributed by atoms with van der Waals surface area (Å²) in [6, 6.07) is 6.31. The fourth-order valence-electron chi connectivity index (χ4n) is 5.53. The summed E-state index contributed by atoms with van der Waals surface area (Å²) in [6.07, 6.45) is 22.9. The molecule has 0 bridgehead atoms. The lowest BCUT2D eigenvalue weighted by molar-refractivity contribution is 0.151. The molecule has 3 heteroatoms. The first kappa shape index (κ1) is 22.7. The monoisotopic (exact) mass is 411 g/mol. The van der Waals surface area contributed by atoms with Crippen LogP contribution in [0.5, 0.6) is 0 Å². The van der Waals surface area contributed by atoms with Crippen LogP contribution >= 0.6 is 0 Å². The van der Waals surface area contributed by atoms with Crippen LogP contribution in [0.15, 0.2) is 42.5 Å². The van der Waals surface area contributed by atoms with E-state index in [-0.39, 0.29) is 0 Å². The van der Waals surface area contributed by atoms with Gasteiger partial charge in [-0.25, -0.2) is 8.78 Å². The number of nitrogens with zero attached hydrogens (tertiary/aromatic N) is 1. The third-order valence-corrected chi connectivity index (χ3v) is 7.35. The number of rotatable bonds is 8. The Hall–Kier alpha value is -1.95. The molecule has 0 radical (unpaired) electrons. The highest BCUT2D eigenvalue weighted by Crippen LogP contribution is 2.42. The fourth-order valence-corrected chi connectivity index (χ4v) is 5.53. The molecule has 0 atom stereocenters. The third-order valence-electron chi connectivity index (χ3n) is 7.35. The molecule has 2 aliphatic rings. The predicted octanol–water partition coefficient (Wildman–Crippen LogP) is 7.93. The summed E-state index contributed by atoms with van der Waals surface area (Å²) in [5, 5.41) is 8.53. The van der Waals surface area contributed by atoms with E-state index < -0.39 is 11.6 Å². The summed E-state index contributed by atoms with van der Waals surface area (Å²) in [6.45, 7) is 0. The number of hydrogen-bond donors (Lipinski definition) is 0. The van der Waals surface area contributed by atoms with Crippen molar-refractivity contribution in [2.75, 3.05) is 0 Å². The topological polar surface area (TPSA) is 23.8 Å². The molecule has 2 saturated carbocycles. The van der Waals surface area contributed by atoms with E-state index in [2.05, 4.69) is 6.08 Å². The molecule has 2 aliphatic carbocycles. The van der Waals surface area contributed by atoms with Crippen molar-refractivity contribution in [3.05, 3.63) is 59.7 Å². The molecule has 1 aromatic carbocycles. The van der Waals surface area contributed by atoms with Crippen LogP contribution in [0.3, 0.4) is 0 Å². The zero-order chi connectivity index (χ0) is 21.2. The second-order valence-electron chi connectivity index (χ2n) is 9.32. The van der Waals surface area contributed by atoms with E-state index in [0.717, 1.165) is 36.2 Å². The highest BCUT2D eigenvalue weighted by atomic mass is 19.2. The molecule has 0 heterocycles. The average Bonchev–Trinajstić information content (AvgIpc) is 2.78. The summed E-state index contributed by atoms with van der Waals surface area (Å²) in [4.78, 5) is 0. The van der Waals surface area contributed by atoms with Gasteiger partial charge in [-0.15, -0.1) is 0 Å². The largest absolute Gasteiger partial charge is 0.204 e. The lowest BCUT2D eigenvalue weighted by Gasteiger charge is -2.37. The van der Waals surface area contributed by atoms with Gasteiger partial charge in [0.15, 0.2) is 11.6 Å². The van der Waals surface area contributed by atoms with Crippen molar-refractivity contribution in [2.45, 2.75) is 77.0 Å². The standard InChI is InChI=1S/C27H35F2N/c28-26-18-13-23(20-27(26)29)8-4-3-7-22-11-16-25(17-12-22)24-14-9-21(10-15-24)6-2-1-5-19-30/h1-2,5-6,13,18,20-22,24-25H,3-4,7-12,14-17H2/b5-1+,6-2+. The van der Waals surface area contributed by atoms with E-state index in [1.165, 1.54) is 82.4 Å². The summed E-state index contributed by atoms with van der Waals surface area (Å²) < 4.78 is 26.3. The Balaban J connectivity index is 1.29. The minimum atomic E-state index is -0.756. The van der Waals surface area contributed by atoms with Crippen LogP contribution in [-0.2, 0) is 6.42 Å². The van der Waals surface area contributed by atoms with Crippen molar-refractivity contribution in [3.63, 3.8) is 0 Å². The van der Waals surface area contributed by atoms with Gasteiger partial charge in [0.05, 0.1) is 6.07 Å². The minimum Gasteiger partial charge on any atom is -0.204 e. The highest BCUT2D eigenvalue weighted by molar-refractivity contribution is 5.17. The first-order valence-corrected chi connectivity index (χ1v) is 11.8. The predicted molar refractivity (Wildman–Crippen MR) is 119 cm³/mol. The number of benzene rings is 1. The molecule has 1 nitrogen and oxygen atoms in total. The number of aryl methyl sites for hydroxylation is 1. The van der Waals surface area contributed by atoms with Gasteiger partial charge in [-0.1, -0.05) is 50.0 Å². The number of halogens is 2. The maximum Gasteiger partial charge on any atom is 0.159 e. The maximum absolute atomic E-state index is 13.3. The zero-order valence-corrected chi connectivity index (χ0v) is 18.0. The van der Waals surface area contributed by atoms with E-state index in [1.807, 2.05) is 18.2 Å². The summed E-state index contributed by atoms with van der Waals surface area (Å²) in [5.41, 5.74) is 0.907. The third kappa shape index (κ3) is 7.08. The Morgan fingerprint density at radius 2 is 1.57 bits per heavy atom. The normalized spacial score (nSPS) is 27.5. The molecule has 0 spiro atoms. The van der Waals surface area contributed by atoms with Gasteiger partial charge in [-0.2, -0.15) is 5.26 Å². The van der Waals surface area contributed by atoms with Gasteiger partial charge in [0.1, 0.15) is 0 Å². The number of unbranched alkanes of at least 4 members (excludes halogenated alkanes) is 1. The lowest BCUT2D eigenvalue weighted by atomic mass is 9.68. The Morgan fingerprint density at radius 3 is 2.23 bits per heavy atom. The molecular formula is C27H35F2N. The van der Waals surface area contributed by atoms with Crippen molar-refractivity contribution in [2.24, 2.45) is 23.7 Å². The average molecular weight is 412 g/mol. The van der Waals surface area contributed by atoms with Crippen LogP contribution in [0.2, 0.25) is 0 Å². The molecule has 0 amide bonds. The van der Waals surface area contributed by atoms with Crippen LogP contribution < -0.4 is 0 Å². The Bertz CT molecular complexity index is 745. The van der Waals surface area contributed by atoms with Gasteiger partial charge in [-0.3, -0.25) is 0 Å². The Morgan fingerprint density at radius 1 is 0.867 bits per heavy atom. The summed E-state index contributed by atoms with van der Waals surface area (Å²) in [5.74, 6) is 1.90. The molecule has 0 saturated heterocycles. The molecule has 0 aliphatic heterocycles. The second-order valence-corrected chi connectivity index (χ2v) is 9.32. The van der Waals surface area contributed by atoms with Gasteiger partial charge in [0.2, 0.25) is 0 Å². The van der Waals surface area contributed by atoms with Crippen LogP contribution in [0.1, 0.15) is 76.2 Å². The van der Waals surface area contributed by atoms with Gasteiger partial charge in [0.25, 0.3) is 0 Å². The van der Waals surface area contributed by atoms with Crippen LogP contribution in [0.25, 0.3) is 0 Å². The maximum atomic E-state index is 13.3. The first-order valence-electron chi connectivity index (χ1n) is 11.8. The fraction of sp³-hybridized carbons (Fsp3) is 0.593. The second kappa shape index (κ2) is 12.0. The molecule has 1 aromatic rings. The van der Waals surface area contributed by atoms with E-state index in [1.54, 1.807) is 6.07 Å². The molecule has 3 rings (SSSR count). The first-order chi connectivity index (χ1) is 14.7.